The Balaban J connectivity index is 2.08. The summed E-state index contributed by atoms with van der Waals surface area (Å²) in [6.45, 7) is 3.26. The van der Waals surface area contributed by atoms with E-state index in [1.54, 1.807) is 12.1 Å². The molecule has 1 aromatic heterocycles. The predicted octanol–water partition coefficient (Wildman–Crippen LogP) is 1.07. The summed E-state index contributed by atoms with van der Waals surface area (Å²) >= 11 is 1.19. The highest BCUT2D eigenvalue weighted by Crippen LogP contribution is 2.28. The minimum Gasteiger partial charge on any atom is -0.314 e. The lowest BCUT2D eigenvalue weighted by molar-refractivity contribution is 0.381. The van der Waals surface area contributed by atoms with Gasteiger partial charge in [0.25, 0.3) is 0 Å². The number of piperazine rings is 1. The van der Waals surface area contributed by atoms with Crippen LogP contribution in [0.1, 0.15) is 0 Å². The number of rotatable bonds is 3. The Labute approximate surface area is 94.0 Å². The second kappa shape index (κ2) is 4.93. The summed E-state index contributed by atoms with van der Waals surface area (Å²) in [5.41, 5.74) is 0. The summed E-state index contributed by atoms with van der Waals surface area (Å²) in [7, 11) is -1.14. The van der Waals surface area contributed by atoms with Crippen molar-refractivity contribution in [3.05, 3.63) is 17.0 Å². The van der Waals surface area contributed by atoms with Crippen LogP contribution in [0.3, 0.4) is 0 Å². The van der Waals surface area contributed by atoms with Crippen molar-refractivity contribution < 1.29 is 4.21 Å². The van der Waals surface area contributed by atoms with Gasteiger partial charge >= 0.3 is 0 Å². The van der Waals surface area contributed by atoms with Gasteiger partial charge in [-0.15, -0.1) is 16.2 Å². The molecule has 1 aliphatic rings. The van der Waals surface area contributed by atoms with Crippen LogP contribution in [-0.2, 0) is 11.0 Å². The van der Waals surface area contributed by atoms with Crippen molar-refractivity contribution in [2.45, 2.75) is 4.21 Å². The molecule has 1 unspecified atom stereocenters. The van der Waals surface area contributed by atoms with Crippen LogP contribution in [0.2, 0.25) is 0 Å². The van der Waals surface area contributed by atoms with Gasteiger partial charge in [0.15, 0.2) is 5.00 Å². The summed E-state index contributed by atoms with van der Waals surface area (Å²) < 4.78 is 14.6. The van der Waals surface area contributed by atoms with Crippen molar-refractivity contribution in [1.29, 1.82) is 0 Å². The van der Waals surface area contributed by atoms with E-state index in [1.807, 2.05) is 4.31 Å². The second-order valence-electron chi connectivity index (χ2n) is 3.11. The fourth-order valence-electron chi connectivity index (χ4n) is 1.39. The van der Waals surface area contributed by atoms with E-state index in [1.165, 1.54) is 11.3 Å². The summed E-state index contributed by atoms with van der Waals surface area (Å²) in [5, 5.41) is 6.40. The first-order chi connectivity index (χ1) is 7.31. The molecule has 0 saturated carbocycles. The zero-order valence-corrected chi connectivity index (χ0v) is 9.64. The number of nitrogens with zero attached hydrogens (tertiary/aromatic N) is 2. The van der Waals surface area contributed by atoms with Crippen LogP contribution in [0, 0.1) is 4.91 Å². The first-order valence-corrected chi connectivity index (χ1v) is 6.54. The zero-order chi connectivity index (χ0) is 10.7. The van der Waals surface area contributed by atoms with E-state index in [-0.39, 0.29) is 0 Å². The van der Waals surface area contributed by atoms with Crippen molar-refractivity contribution in [3.8, 4) is 0 Å². The fraction of sp³-hybridized carbons (Fsp3) is 0.500. The number of hydrogen-bond donors (Lipinski definition) is 1. The maximum Gasteiger partial charge on any atom is 0.161 e. The molecule has 0 aliphatic carbocycles. The van der Waals surface area contributed by atoms with Gasteiger partial charge in [-0.1, -0.05) is 0 Å². The van der Waals surface area contributed by atoms with Gasteiger partial charge in [-0.3, -0.25) is 0 Å². The minimum absolute atomic E-state index is 0.383. The first-order valence-electron chi connectivity index (χ1n) is 4.62. The van der Waals surface area contributed by atoms with Gasteiger partial charge in [0.1, 0.15) is 15.2 Å². The predicted molar refractivity (Wildman–Crippen MR) is 60.6 cm³/mol. The summed E-state index contributed by atoms with van der Waals surface area (Å²) in [6.07, 6.45) is 0. The number of hydrogen-bond acceptors (Lipinski definition) is 5. The molecule has 1 atom stereocenters. The normalized spacial score (nSPS) is 20.0. The van der Waals surface area contributed by atoms with Crippen LogP contribution >= 0.6 is 11.3 Å². The lowest BCUT2D eigenvalue weighted by Gasteiger charge is -2.25. The molecule has 2 heterocycles. The minimum atomic E-state index is -1.14. The molecule has 0 bridgehead atoms. The molecule has 5 nitrogen and oxygen atoms in total. The number of nitroso groups, excluding NO2 is 1. The van der Waals surface area contributed by atoms with Gasteiger partial charge in [0, 0.05) is 26.2 Å². The molecular formula is C8H11N3O2S2. The maximum absolute atomic E-state index is 12.0. The van der Waals surface area contributed by atoms with E-state index in [0.29, 0.717) is 9.21 Å². The zero-order valence-electron chi connectivity index (χ0n) is 8.01. The topological polar surface area (TPSA) is 61.8 Å². The second-order valence-corrected chi connectivity index (χ2v) is 5.89. The Morgan fingerprint density at radius 3 is 2.73 bits per heavy atom. The standard InChI is InChI=1S/C8H11N3O2S2/c12-10-7-1-2-8(14-7)15(13)11-5-3-9-4-6-11/h1-2,9H,3-6H2. The van der Waals surface area contributed by atoms with Crippen molar-refractivity contribution in [3.63, 3.8) is 0 Å². The van der Waals surface area contributed by atoms with Crippen molar-refractivity contribution in [2.24, 2.45) is 5.18 Å². The molecule has 1 fully saturated rings. The molecular weight excluding hydrogens is 234 g/mol. The average molecular weight is 245 g/mol. The third-order valence-corrected chi connectivity index (χ3v) is 4.89. The number of thiophene rings is 1. The van der Waals surface area contributed by atoms with Gasteiger partial charge < -0.3 is 5.32 Å². The molecule has 1 aliphatic heterocycles. The van der Waals surface area contributed by atoms with E-state index in [2.05, 4.69) is 10.5 Å². The fourth-order valence-corrected chi connectivity index (χ4v) is 3.72. The highest BCUT2D eigenvalue weighted by Gasteiger charge is 2.19. The quantitative estimate of drug-likeness (QED) is 0.810. The third kappa shape index (κ3) is 2.49. The van der Waals surface area contributed by atoms with E-state index in [9.17, 15) is 9.12 Å². The van der Waals surface area contributed by atoms with E-state index in [4.69, 9.17) is 0 Å². The molecule has 0 amide bonds. The van der Waals surface area contributed by atoms with Gasteiger partial charge in [-0.25, -0.2) is 8.51 Å². The maximum atomic E-state index is 12.0. The number of nitrogens with one attached hydrogen (secondary N) is 1. The molecule has 0 aromatic carbocycles. The molecule has 0 radical (unpaired) electrons. The molecule has 1 aromatic rings. The van der Waals surface area contributed by atoms with Gasteiger partial charge in [0.2, 0.25) is 0 Å². The molecule has 7 heteroatoms. The lowest BCUT2D eigenvalue weighted by Crippen LogP contribution is -2.43. The van der Waals surface area contributed by atoms with Crippen LogP contribution in [0.4, 0.5) is 5.00 Å². The Morgan fingerprint density at radius 1 is 1.40 bits per heavy atom. The van der Waals surface area contributed by atoms with Crippen molar-refractivity contribution in [2.75, 3.05) is 26.2 Å². The van der Waals surface area contributed by atoms with Crippen LogP contribution in [0.25, 0.3) is 0 Å². The van der Waals surface area contributed by atoms with Crippen LogP contribution in [0.5, 0.6) is 0 Å². The van der Waals surface area contributed by atoms with E-state index in [0.717, 1.165) is 26.2 Å². The van der Waals surface area contributed by atoms with Gasteiger partial charge in [-0.2, -0.15) is 0 Å². The molecule has 82 valence electrons. The van der Waals surface area contributed by atoms with Crippen molar-refractivity contribution in [1.82, 2.24) is 9.62 Å². The summed E-state index contributed by atoms with van der Waals surface area (Å²) in [6, 6.07) is 3.31. The molecule has 15 heavy (non-hydrogen) atoms. The van der Waals surface area contributed by atoms with E-state index >= 15 is 0 Å². The Hall–Kier alpha value is -0.630. The van der Waals surface area contributed by atoms with E-state index < -0.39 is 11.0 Å². The average Bonchev–Trinajstić information content (AvgIpc) is 2.78. The monoisotopic (exact) mass is 245 g/mol. The molecule has 0 spiro atoms. The largest absolute Gasteiger partial charge is 0.314 e. The van der Waals surface area contributed by atoms with Crippen LogP contribution < -0.4 is 5.32 Å². The molecule has 1 N–H and O–H groups in total. The smallest absolute Gasteiger partial charge is 0.161 e. The highest BCUT2D eigenvalue weighted by atomic mass is 32.2. The van der Waals surface area contributed by atoms with Crippen LogP contribution in [0.15, 0.2) is 21.5 Å². The molecule has 1 saturated heterocycles. The van der Waals surface area contributed by atoms with Crippen molar-refractivity contribution >= 4 is 27.3 Å². The third-order valence-electron chi connectivity index (χ3n) is 2.14. The summed E-state index contributed by atoms with van der Waals surface area (Å²) in [4.78, 5) is 10.3. The lowest BCUT2D eigenvalue weighted by atomic mass is 10.4. The summed E-state index contributed by atoms with van der Waals surface area (Å²) in [5.74, 6) is 0. The van der Waals surface area contributed by atoms with Gasteiger partial charge in [-0.05, 0) is 17.3 Å². The van der Waals surface area contributed by atoms with Crippen LogP contribution in [-0.4, -0.2) is 34.7 Å². The Bertz CT molecular complexity index is 374. The highest BCUT2D eigenvalue weighted by molar-refractivity contribution is 7.85. The first kappa shape index (κ1) is 10.9. The van der Waals surface area contributed by atoms with Gasteiger partial charge in [0.05, 0.1) is 0 Å². The Kier molecular flexibility index (Phi) is 3.57. The Morgan fingerprint density at radius 2 is 2.13 bits per heavy atom. The molecule has 2 rings (SSSR count). The SMILES string of the molecule is O=Nc1ccc(S(=O)N2CCNCC2)s1.